The van der Waals surface area contributed by atoms with Crippen LogP contribution in [0, 0.1) is 0 Å². The lowest BCUT2D eigenvalue weighted by molar-refractivity contribution is -0.203. The van der Waals surface area contributed by atoms with E-state index >= 15 is 0 Å². The van der Waals surface area contributed by atoms with E-state index < -0.39 is 122 Å². The number of nitrogens with one attached hydrogen (secondary N) is 8. The number of aromatic nitrogens is 1. The first-order valence-electron chi connectivity index (χ1n) is 21.1. The highest BCUT2D eigenvalue weighted by atomic mass is 16.5. The maximum absolute atomic E-state index is 14.3. The van der Waals surface area contributed by atoms with E-state index in [1.54, 1.807) is 6.20 Å². The van der Waals surface area contributed by atoms with Crippen LogP contribution in [0.1, 0.15) is 42.9 Å². The van der Waals surface area contributed by atoms with Crippen LogP contribution < -0.4 is 37.2 Å². The molecule has 340 valence electrons. The van der Waals surface area contributed by atoms with Crippen LogP contribution in [0.5, 0.6) is 0 Å². The lowest BCUT2D eigenvalue weighted by Crippen LogP contribution is -2.68. The molecule has 2 aliphatic rings. The van der Waals surface area contributed by atoms with E-state index in [0.29, 0.717) is 5.56 Å². The van der Waals surface area contributed by atoms with Crippen LogP contribution in [0.25, 0.3) is 10.9 Å². The average Bonchev–Trinajstić information content (AvgIpc) is 3.69. The van der Waals surface area contributed by atoms with E-state index in [0.717, 1.165) is 29.0 Å². The molecule has 0 bridgehead atoms. The summed E-state index contributed by atoms with van der Waals surface area (Å²) in [6.07, 6.45) is -5.35. The number of hydrogen-bond acceptors (Lipinski definition) is 11. The molecule has 3 heterocycles. The summed E-state index contributed by atoms with van der Waals surface area (Å²) in [6, 6.07) is 19.9. The summed E-state index contributed by atoms with van der Waals surface area (Å²) in [5.41, 5.74) is 3.11. The van der Waals surface area contributed by atoms with Gasteiger partial charge in [-0.3, -0.25) is 33.6 Å². The molecule has 0 spiro atoms. The molecule has 4 aromatic rings. The van der Waals surface area contributed by atoms with Crippen molar-refractivity contribution in [3.63, 3.8) is 0 Å². The van der Waals surface area contributed by atoms with Crippen molar-refractivity contribution in [2.45, 2.75) is 100 Å². The molecule has 0 saturated carbocycles. The third-order valence-corrected chi connectivity index (χ3v) is 11.1. The van der Waals surface area contributed by atoms with Crippen molar-refractivity contribution in [1.82, 2.24) is 42.2 Å². The predicted octanol–water partition coefficient (Wildman–Crippen LogP) is -1.50. The minimum atomic E-state index is -1.62. The Morgan fingerprint density at radius 2 is 1.31 bits per heavy atom. The monoisotopic (exact) mass is 882 g/mol. The van der Waals surface area contributed by atoms with E-state index in [2.05, 4.69) is 42.2 Å². The molecule has 1 aromatic heterocycles. The molecule has 11 N–H and O–H groups in total. The van der Waals surface area contributed by atoms with Gasteiger partial charge in [0.15, 0.2) is 6.23 Å². The Morgan fingerprint density at radius 3 is 1.98 bits per heavy atom. The van der Waals surface area contributed by atoms with Gasteiger partial charge in [-0.05, 0) is 29.2 Å². The number of aliphatic hydroxyl groups is 3. The molecule has 2 saturated heterocycles. The maximum Gasteiger partial charge on any atom is 0.243 e. The molecule has 19 nitrogen and oxygen atoms in total. The molecule has 0 radical (unpaired) electrons. The molecule has 2 aliphatic heterocycles. The molecule has 64 heavy (non-hydrogen) atoms. The Balaban J connectivity index is 1.22. The quantitative estimate of drug-likeness (QED) is 0.0735. The molecular weight excluding hydrogens is 829 g/mol. The number of aliphatic hydroxyl groups excluding tert-OH is 3. The third-order valence-electron chi connectivity index (χ3n) is 11.1. The number of para-hydroxylation sites is 1. The maximum atomic E-state index is 14.3. The third kappa shape index (κ3) is 12.7. The average molecular weight is 883 g/mol. The zero-order chi connectivity index (χ0) is 45.8. The number of H-pyrrole nitrogens is 1. The van der Waals surface area contributed by atoms with Crippen molar-refractivity contribution in [3.05, 3.63) is 108 Å². The van der Waals surface area contributed by atoms with Crippen molar-refractivity contribution in [3.8, 4) is 0 Å². The highest BCUT2D eigenvalue weighted by molar-refractivity contribution is 5.96. The summed E-state index contributed by atoms with van der Waals surface area (Å²) in [4.78, 5) is 97.8. The normalized spacial score (nSPS) is 25.7. The summed E-state index contributed by atoms with van der Waals surface area (Å²) in [5.74, 6) is -4.90. The van der Waals surface area contributed by atoms with Crippen LogP contribution in [0.4, 0.5) is 0 Å². The largest absolute Gasteiger partial charge is 0.394 e. The number of benzene rings is 3. The second-order valence-electron chi connectivity index (χ2n) is 16.0. The zero-order valence-electron chi connectivity index (χ0n) is 35.1. The van der Waals surface area contributed by atoms with Crippen molar-refractivity contribution in [2.24, 2.45) is 0 Å². The molecule has 0 aliphatic carbocycles. The number of carbonyl (C=O) groups excluding carboxylic acids is 7. The summed E-state index contributed by atoms with van der Waals surface area (Å²) in [6.45, 7) is 0.319. The molecule has 0 unspecified atom stereocenters. The van der Waals surface area contributed by atoms with Crippen molar-refractivity contribution in [1.29, 1.82) is 0 Å². The van der Waals surface area contributed by atoms with E-state index in [1.807, 2.05) is 84.9 Å². The number of rotatable bonds is 13. The van der Waals surface area contributed by atoms with Gasteiger partial charge >= 0.3 is 0 Å². The Hall–Kier alpha value is -6.67. The standard InChI is InChI=1S/C45H54N8O11/c1-25(55)48-39-41(60)40(59)35(24-54)64-45(39)53-37(57)17-16-36(56)50-34-21-38(58)51-33(20-28-22-46-31-15-9-8-14-30(28)31)44(63)52-32(19-27-12-6-3-7-13-27)43(62)49-29(23-47-42(34)61)18-26-10-4-2-5-11-26/h2-15,22,29,32-35,39-41,45-46,54,59-60H,16-21,23-24H2,1H3,(H,47,61)(H,48,55)(H,49,62)(H,50,56)(H,51,58)(H,52,63)(H,53,57)/t29-,32+,33+,34-,35-,39-,40-,41-,45-/m1/s1. The van der Waals surface area contributed by atoms with Crippen LogP contribution in [0.2, 0.25) is 0 Å². The number of aromatic amines is 1. The zero-order valence-corrected chi connectivity index (χ0v) is 35.1. The molecule has 3 aromatic carbocycles. The topological polar surface area (TPSA) is 289 Å². The van der Waals surface area contributed by atoms with Crippen LogP contribution in [0.3, 0.4) is 0 Å². The second kappa shape index (κ2) is 22.1. The van der Waals surface area contributed by atoms with Gasteiger partial charge in [0.1, 0.15) is 42.5 Å². The summed E-state index contributed by atoms with van der Waals surface area (Å²) in [5, 5.41) is 50.1. The molecule has 9 atom stereocenters. The first-order valence-corrected chi connectivity index (χ1v) is 21.1. The van der Waals surface area contributed by atoms with Crippen LogP contribution in [-0.2, 0) is 57.6 Å². The van der Waals surface area contributed by atoms with E-state index in [4.69, 9.17) is 4.74 Å². The Bertz CT molecular complexity index is 2280. The summed E-state index contributed by atoms with van der Waals surface area (Å²) < 4.78 is 5.53. The van der Waals surface area contributed by atoms with Gasteiger partial charge in [-0.2, -0.15) is 0 Å². The number of fused-ring (bicyclic) bond motifs is 1. The Labute approximate surface area is 368 Å². The molecule has 19 heteroatoms. The van der Waals surface area contributed by atoms with Crippen molar-refractivity contribution in [2.75, 3.05) is 13.2 Å². The van der Waals surface area contributed by atoms with E-state index in [1.165, 1.54) is 0 Å². The van der Waals surface area contributed by atoms with Gasteiger partial charge in [0, 0.05) is 56.3 Å². The van der Waals surface area contributed by atoms with Gasteiger partial charge in [-0.25, -0.2) is 0 Å². The Morgan fingerprint density at radius 1 is 0.703 bits per heavy atom. The molecule has 6 rings (SSSR count). The highest BCUT2D eigenvalue weighted by Gasteiger charge is 2.45. The van der Waals surface area contributed by atoms with Crippen LogP contribution in [0.15, 0.2) is 91.1 Å². The molecule has 2 fully saturated rings. The summed E-state index contributed by atoms with van der Waals surface area (Å²) >= 11 is 0. The molecular formula is C45H54N8O11. The van der Waals surface area contributed by atoms with Crippen molar-refractivity contribution >= 4 is 52.3 Å². The summed E-state index contributed by atoms with van der Waals surface area (Å²) in [7, 11) is 0. The second-order valence-corrected chi connectivity index (χ2v) is 16.0. The van der Waals surface area contributed by atoms with Gasteiger partial charge < -0.3 is 62.3 Å². The predicted molar refractivity (Wildman–Crippen MR) is 230 cm³/mol. The fourth-order valence-corrected chi connectivity index (χ4v) is 7.79. The minimum absolute atomic E-state index is 0.00122. The van der Waals surface area contributed by atoms with Gasteiger partial charge in [-0.1, -0.05) is 78.9 Å². The van der Waals surface area contributed by atoms with Gasteiger partial charge in [-0.15, -0.1) is 0 Å². The van der Waals surface area contributed by atoms with E-state index in [9.17, 15) is 48.9 Å². The van der Waals surface area contributed by atoms with Gasteiger partial charge in [0.05, 0.1) is 19.1 Å². The van der Waals surface area contributed by atoms with Crippen LogP contribution >= 0.6 is 0 Å². The number of carbonyl (C=O) groups is 7. The van der Waals surface area contributed by atoms with E-state index in [-0.39, 0.29) is 25.8 Å². The van der Waals surface area contributed by atoms with Crippen LogP contribution in [-0.4, -0.2) is 130 Å². The van der Waals surface area contributed by atoms with Gasteiger partial charge in [0.25, 0.3) is 0 Å². The first kappa shape index (κ1) is 46.8. The number of ether oxygens (including phenoxy) is 1. The van der Waals surface area contributed by atoms with Crippen molar-refractivity contribution < 1.29 is 53.6 Å². The molecule has 7 amide bonds. The fourth-order valence-electron chi connectivity index (χ4n) is 7.79. The van der Waals surface area contributed by atoms with Gasteiger partial charge in [0.2, 0.25) is 41.4 Å². The Kier molecular flexibility index (Phi) is 16.2. The lowest BCUT2D eigenvalue weighted by Gasteiger charge is -2.42. The fraction of sp³-hybridized carbons (Fsp3) is 0.400. The smallest absolute Gasteiger partial charge is 0.243 e. The first-order chi connectivity index (χ1) is 30.8. The SMILES string of the molecule is CC(=O)N[C@@H]1[C@@H](O)[C@H](O)[C@@H](CO)O[C@H]1NC(=O)CCC(=O)N[C@@H]1CC(=O)N[C@@H](Cc2c[nH]c3ccccc23)C(=O)N[C@@H](Cc2ccccc2)C(=O)N[C@H](Cc2ccccc2)CNC1=O. The minimum Gasteiger partial charge on any atom is -0.394 e. The number of amides is 7. The highest BCUT2D eigenvalue weighted by Crippen LogP contribution is 2.21. The number of hydrogen-bond donors (Lipinski definition) is 11. The lowest BCUT2D eigenvalue weighted by atomic mass is 9.96.